The molecular weight excluding hydrogens is 525 g/mol. The molecule has 2 atom stereocenters. The van der Waals surface area contributed by atoms with E-state index in [1.54, 1.807) is 6.08 Å². The van der Waals surface area contributed by atoms with Crippen LogP contribution < -0.4 is 10.4 Å². The Balaban J connectivity index is 1.83. The number of carbonyl (C=O) groups excluding carboxylic acids is 2. The zero-order chi connectivity index (χ0) is 28.3. The molecule has 0 spiro atoms. The van der Waals surface area contributed by atoms with E-state index in [9.17, 15) is 9.59 Å². The van der Waals surface area contributed by atoms with Crippen LogP contribution in [0, 0.1) is 0 Å². The van der Waals surface area contributed by atoms with Crippen LogP contribution >= 0.6 is 11.8 Å². The molecule has 7 heteroatoms. The van der Waals surface area contributed by atoms with Crippen LogP contribution in [0.3, 0.4) is 0 Å². The highest BCUT2D eigenvalue weighted by atomic mass is 32.2. The number of hydrogen-bond donors (Lipinski definition) is 0. The Morgan fingerprint density at radius 2 is 1.38 bits per heavy atom. The smallest absolute Gasteiger partial charge is 0.330 e. The highest BCUT2D eigenvalue weighted by Crippen LogP contribution is 2.37. The second-order valence-electron chi connectivity index (χ2n) is 10.2. The first-order chi connectivity index (χ1) is 18.7. The summed E-state index contributed by atoms with van der Waals surface area (Å²) in [5.41, 5.74) is 0. The molecule has 0 amide bonds. The number of methoxy groups -OCH3 is 1. The van der Waals surface area contributed by atoms with Crippen LogP contribution in [0.2, 0.25) is 5.04 Å². The molecule has 39 heavy (non-hydrogen) atoms. The number of benzene rings is 3. The van der Waals surface area contributed by atoms with Crippen molar-refractivity contribution in [2.75, 3.05) is 13.7 Å². The Kier molecular flexibility index (Phi) is 11.2. The lowest BCUT2D eigenvalue weighted by molar-refractivity contribution is -0.146. The third-order valence-corrected chi connectivity index (χ3v) is 12.6. The molecule has 0 saturated carbocycles. The Labute approximate surface area is 237 Å². The van der Waals surface area contributed by atoms with E-state index in [0.29, 0.717) is 13.0 Å². The van der Waals surface area contributed by atoms with Crippen molar-refractivity contribution in [2.24, 2.45) is 0 Å². The molecule has 0 unspecified atom stereocenters. The van der Waals surface area contributed by atoms with Gasteiger partial charge in [-0.2, -0.15) is 0 Å². The van der Waals surface area contributed by atoms with Crippen LogP contribution in [0.4, 0.5) is 0 Å². The van der Waals surface area contributed by atoms with Crippen molar-refractivity contribution in [3.8, 4) is 0 Å². The third-order valence-electron chi connectivity index (χ3n) is 6.44. The van der Waals surface area contributed by atoms with Crippen LogP contribution in [-0.4, -0.2) is 45.3 Å². The van der Waals surface area contributed by atoms with Gasteiger partial charge in [-0.1, -0.05) is 99.6 Å². The van der Waals surface area contributed by atoms with Crippen molar-refractivity contribution in [3.05, 3.63) is 103 Å². The third kappa shape index (κ3) is 8.18. The van der Waals surface area contributed by atoms with Gasteiger partial charge in [0.05, 0.1) is 7.11 Å². The molecule has 0 radical (unpaired) electrons. The summed E-state index contributed by atoms with van der Waals surface area (Å²) < 4.78 is 17.6. The van der Waals surface area contributed by atoms with Gasteiger partial charge in [-0.15, -0.1) is 11.8 Å². The average molecular weight is 563 g/mol. The summed E-state index contributed by atoms with van der Waals surface area (Å²) in [4.78, 5) is 25.8. The Hall–Kier alpha value is -3.13. The number of hydrogen-bond acceptors (Lipinski definition) is 6. The van der Waals surface area contributed by atoms with Gasteiger partial charge in [0.1, 0.15) is 11.4 Å². The summed E-state index contributed by atoms with van der Waals surface area (Å²) in [6.07, 6.45) is 2.63. The summed E-state index contributed by atoms with van der Waals surface area (Å²) in [5.74, 6) is -0.857. The summed E-state index contributed by atoms with van der Waals surface area (Å²) in [5, 5.41) is 1.76. The predicted molar refractivity (Wildman–Crippen MR) is 161 cm³/mol. The van der Waals surface area contributed by atoms with Crippen LogP contribution in [-0.2, 0) is 23.5 Å². The second kappa shape index (κ2) is 14.3. The number of rotatable bonds is 12. The predicted octanol–water partition coefficient (Wildman–Crippen LogP) is 5.77. The zero-order valence-electron chi connectivity index (χ0n) is 23.3. The van der Waals surface area contributed by atoms with Crippen molar-refractivity contribution in [2.45, 2.75) is 55.4 Å². The van der Waals surface area contributed by atoms with E-state index in [1.165, 1.54) is 35.3 Å². The molecule has 206 valence electrons. The largest absolute Gasteiger partial charge is 0.466 e. The number of thioether (sulfide) groups is 1. The lowest BCUT2D eigenvalue weighted by atomic mass is 10.2. The van der Waals surface area contributed by atoms with E-state index in [0.717, 1.165) is 4.90 Å². The number of esters is 2. The molecule has 0 aliphatic carbocycles. The minimum atomic E-state index is -2.74. The van der Waals surface area contributed by atoms with Crippen molar-refractivity contribution in [1.82, 2.24) is 0 Å². The molecule has 3 aromatic rings. The molecule has 0 aliphatic heterocycles. The first kappa shape index (κ1) is 30.4. The van der Waals surface area contributed by atoms with Gasteiger partial charge in [-0.25, -0.2) is 4.79 Å². The molecule has 3 aromatic carbocycles. The van der Waals surface area contributed by atoms with Crippen LogP contribution in [0.1, 0.15) is 34.1 Å². The Morgan fingerprint density at radius 1 is 0.872 bits per heavy atom. The molecule has 0 saturated heterocycles. The number of carbonyl (C=O) groups is 2. The molecule has 0 bridgehead atoms. The van der Waals surface area contributed by atoms with Crippen molar-refractivity contribution in [1.29, 1.82) is 0 Å². The number of ether oxygens (including phenoxy) is 2. The Bertz CT molecular complexity index is 1170. The lowest BCUT2D eigenvalue weighted by Gasteiger charge is -2.43. The van der Waals surface area contributed by atoms with Gasteiger partial charge in [0.2, 0.25) is 0 Å². The quantitative estimate of drug-likeness (QED) is 0.121. The first-order valence-electron chi connectivity index (χ1n) is 13.1. The van der Waals surface area contributed by atoms with Crippen molar-refractivity contribution >= 4 is 42.4 Å². The van der Waals surface area contributed by atoms with E-state index in [1.807, 2.05) is 73.7 Å². The van der Waals surface area contributed by atoms with Gasteiger partial charge in [0.15, 0.2) is 0 Å². The SMILES string of the molecule is COC(=O)/C=C/[C@@H](CCO[Si](c1ccccc1)(c1ccccc1)C(C)(C)C)OC(=O)[C@@H](C)Sc1ccccc1. The zero-order valence-corrected chi connectivity index (χ0v) is 25.1. The summed E-state index contributed by atoms with van der Waals surface area (Å²) in [6.45, 7) is 8.82. The molecule has 3 rings (SSSR count). The van der Waals surface area contributed by atoms with Gasteiger partial charge in [-0.05, 0) is 40.5 Å². The monoisotopic (exact) mass is 562 g/mol. The van der Waals surface area contributed by atoms with Crippen LogP contribution in [0.5, 0.6) is 0 Å². The summed E-state index contributed by atoms with van der Waals surface area (Å²) in [6, 6.07) is 30.5. The van der Waals surface area contributed by atoms with Crippen LogP contribution in [0.25, 0.3) is 0 Å². The van der Waals surface area contributed by atoms with Gasteiger partial charge in [0.25, 0.3) is 8.32 Å². The minimum absolute atomic E-state index is 0.176. The fraction of sp³-hybridized carbons (Fsp3) is 0.312. The van der Waals surface area contributed by atoms with Crippen LogP contribution in [0.15, 0.2) is 108 Å². The van der Waals surface area contributed by atoms with Crippen molar-refractivity contribution < 1.29 is 23.5 Å². The fourth-order valence-corrected chi connectivity index (χ4v) is 9.99. The van der Waals surface area contributed by atoms with Gasteiger partial charge in [-0.3, -0.25) is 4.79 Å². The molecule has 0 N–H and O–H groups in total. The molecule has 5 nitrogen and oxygen atoms in total. The van der Waals surface area contributed by atoms with Gasteiger partial charge >= 0.3 is 11.9 Å². The van der Waals surface area contributed by atoms with E-state index >= 15 is 0 Å². The topological polar surface area (TPSA) is 61.8 Å². The average Bonchev–Trinajstić information content (AvgIpc) is 2.94. The normalized spacial score (nSPS) is 13.6. The summed E-state index contributed by atoms with van der Waals surface area (Å²) >= 11 is 1.43. The van der Waals surface area contributed by atoms with E-state index in [-0.39, 0.29) is 11.0 Å². The minimum Gasteiger partial charge on any atom is -0.466 e. The molecule has 0 heterocycles. The first-order valence-corrected chi connectivity index (χ1v) is 15.9. The fourth-order valence-electron chi connectivity index (χ4n) is 4.53. The van der Waals surface area contributed by atoms with Gasteiger partial charge < -0.3 is 13.9 Å². The maximum atomic E-state index is 13.0. The highest BCUT2D eigenvalue weighted by molar-refractivity contribution is 8.00. The van der Waals surface area contributed by atoms with Crippen molar-refractivity contribution in [3.63, 3.8) is 0 Å². The molecule has 0 aromatic heterocycles. The molecular formula is C32H38O5SSi. The molecule has 0 fully saturated rings. The highest BCUT2D eigenvalue weighted by Gasteiger charge is 2.50. The summed E-state index contributed by atoms with van der Waals surface area (Å²) in [7, 11) is -1.42. The lowest BCUT2D eigenvalue weighted by Crippen LogP contribution is -2.66. The maximum absolute atomic E-state index is 13.0. The maximum Gasteiger partial charge on any atom is 0.330 e. The van der Waals surface area contributed by atoms with Gasteiger partial charge in [0, 0.05) is 24.0 Å². The van der Waals surface area contributed by atoms with E-state index in [2.05, 4.69) is 45.0 Å². The van der Waals surface area contributed by atoms with E-state index in [4.69, 9.17) is 13.9 Å². The molecule has 0 aliphatic rings. The van der Waals surface area contributed by atoms with E-state index < -0.39 is 25.6 Å². The standard InChI is InChI=1S/C32H38O5SSi/c1-25(38-27-15-9-6-10-16-27)31(34)37-26(21-22-30(33)35-5)23-24-36-39(32(2,3)4,28-17-11-7-12-18-28)29-19-13-8-14-20-29/h6-22,25-26H,23-24H2,1-5H3/b22-21+/t25-,26+/m1/s1. The Morgan fingerprint density at radius 3 is 1.87 bits per heavy atom. The second-order valence-corrected chi connectivity index (χ2v) is 16.0.